The van der Waals surface area contributed by atoms with Crippen LogP contribution < -0.4 is 5.46 Å². The molecule has 310 valence electrons. The Labute approximate surface area is 377 Å². The van der Waals surface area contributed by atoms with Crippen molar-refractivity contribution in [1.82, 2.24) is 9.97 Å². The number of hydrogen-bond donors (Lipinski definition) is 0. The quantitative estimate of drug-likeness (QED) is 0.136. The molecule has 1 aliphatic heterocycles. The molecule has 5 heteroatoms. The summed E-state index contributed by atoms with van der Waals surface area (Å²) in [5.41, 5.74) is 18.5. The van der Waals surface area contributed by atoms with Crippen LogP contribution in [0.4, 0.5) is 0 Å². The average Bonchev–Trinajstić information content (AvgIpc) is 3.57. The highest BCUT2D eigenvalue weighted by Gasteiger charge is 2.51. The van der Waals surface area contributed by atoms with Gasteiger partial charge in [0.05, 0.1) is 22.6 Å². The van der Waals surface area contributed by atoms with Gasteiger partial charge in [-0.1, -0.05) is 176 Å². The summed E-state index contributed by atoms with van der Waals surface area (Å²) in [6, 6.07) is 68.8. The van der Waals surface area contributed by atoms with Crippen LogP contribution in [0.25, 0.3) is 89.3 Å². The lowest BCUT2D eigenvalue weighted by molar-refractivity contribution is 0.00578. The predicted octanol–water partition coefficient (Wildman–Crippen LogP) is 14.4. The molecule has 10 rings (SSSR count). The highest BCUT2D eigenvalue weighted by atomic mass is 16.7. The molecule has 2 aromatic heterocycles. The van der Waals surface area contributed by atoms with Crippen molar-refractivity contribution in [2.75, 3.05) is 0 Å². The molecule has 0 saturated carbocycles. The van der Waals surface area contributed by atoms with Gasteiger partial charge in [-0.3, -0.25) is 9.97 Å². The van der Waals surface area contributed by atoms with E-state index in [9.17, 15) is 0 Å². The fraction of sp³-hybridized carbons (Fsp3) is 0.119. The van der Waals surface area contributed by atoms with Gasteiger partial charge in [0, 0.05) is 34.6 Å². The van der Waals surface area contributed by atoms with E-state index in [4.69, 9.17) is 19.3 Å². The van der Waals surface area contributed by atoms with E-state index in [0.717, 1.165) is 89.2 Å². The molecule has 0 aliphatic carbocycles. The molecule has 0 atom stereocenters. The Morgan fingerprint density at radius 1 is 0.344 bits per heavy atom. The summed E-state index contributed by atoms with van der Waals surface area (Å²) in [6.45, 7) is 10.6. The van der Waals surface area contributed by atoms with Gasteiger partial charge in [0.1, 0.15) is 0 Å². The van der Waals surface area contributed by atoms with Gasteiger partial charge in [0.15, 0.2) is 0 Å². The van der Waals surface area contributed by atoms with Gasteiger partial charge in [0.25, 0.3) is 0 Å². The topological polar surface area (TPSA) is 44.2 Å². The molecular weight excluding hydrogens is 779 g/mol. The van der Waals surface area contributed by atoms with Gasteiger partial charge in [-0.2, -0.15) is 0 Å². The maximum Gasteiger partial charge on any atom is 0.494 e. The third-order valence-corrected chi connectivity index (χ3v) is 13.0. The van der Waals surface area contributed by atoms with Crippen molar-refractivity contribution in [3.05, 3.63) is 212 Å². The summed E-state index contributed by atoms with van der Waals surface area (Å²) < 4.78 is 13.5. The van der Waals surface area contributed by atoms with Crippen molar-refractivity contribution in [2.24, 2.45) is 0 Å². The van der Waals surface area contributed by atoms with Crippen LogP contribution >= 0.6 is 0 Å². The predicted molar refractivity (Wildman–Crippen MR) is 266 cm³/mol. The Morgan fingerprint density at radius 2 is 0.734 bits per heavy atom. The van der Waals surface area contributed by atoms with Crippen LogP contribution in [0.1, 0.15) is 33.3 Å². The number of rotatable bonds is 9. The van der Waals surface area contributed by atoms with Crippen molar-refractivity contribution in [1.29, 1.82) is 0 Å². The van der Waals surface area contributed by atoms with E-state index in [1.807, 2.05) is 24.5 Å². The van der Waals surface area contributed by atoms with Gasteiger partial charge in [-0.05, 0) is 119 Å². The third kappa shape index (κ3) is 7.90. The second kappa shape index (κ2) is 16.8. The standard InChI is InChI=1S/C59H49BN2O2/c1-40-33-56(61-38-54(40)42-21-11-7-12-22-42)45-31-29-43(30-32-45)49-25-15-16-26-50(49)46-34-47(36-48(35-46)60-63-58(2,3)59(4,5)64-60)51-27-17-18-28-52(51)55-39-62-57(44-23-13-8-14-24-44)37-53(55)41-19-9-6-10-20-41/h6-39H,1-5H3. The summed E-state index contributed by atoms with van der Waals surface area (Å²) in [4.78, 5) is 9.97. The third-order valence-electron chi connectivity index (χ3n) is 13.0. The summed E-state index contributed by atoms with van der Waals surface area (Å²) in [5.74, 6) is 0. The first-order valence-corrected chi connectivity index (χ1v) is 22.1. The number of aromatic nitrogens is 2. The fourth-order valence-corrected chi connectivity index (χ4v) is 8.78. The molecule has 1 saturated heterocycles. The van der Waals surface area contributed by atoms with E-state index >= 15 is 0 Å². The van der Waals surface area contributed by atoms with E-state index in [0.29, 0.717) is 0 Å². The van der Waals surface area contributed by atoms with Crippen LogP contribution in [-0.2, 0) is 9.31 Å². The minimum absolute atomic E-state index is 0.503. The molecule has 0 unspecified atom stereocenters. The minimum atomic E-state index is -0.557. The lowest BCUT2D eigenvalue weighted by atomic mass is 9.75. The van der Waals surface area contributed by atoms with E-state index < -0.39 is 18.3 Å². The lowest BCUT2D eigenvalue weighted by Gasteiger charge is -2.32. The first kappa shape index (κ1) is 40.9. The highest BCUT2D eigenvalue weighted by Crippen LogP contribution is 2.43. The Kier molecular flexibility index (Phi) is 10.8. The Morgan fingerprint density at radius 3 is 1.28 bits per heavy atom. The summed E-state index contributed by atoms with van der Waals surface area (Å²) >= 11 is 0. The van der Waals surface area contributed by atoms with Crippen molar-refractivity contribution in [2.45, 2.75) is 45.8 Å². The molecular formula is C59H49BN2O2. The Balaban J connectivity index is 1.09. The number of nitrogens with zero attached hydrogens (tertiary/aromatic N) is 2. The maximum atomic E-state index is 6.75. The van der Waals surface area contributed by atoms with Crippen molar-refractivity contribution < 1.29 is 9.31 Å². The first-order chi connectivity index (χ1) is 31.1. The molecule has 3 heterocycles. The highest BCUT2D eigenvalue weighted by molar-refractivity contribution is 6.62. The van der Waals surface area contributed by atoms with Crippen LogP contribution in [0.3, 0.4) is 0 Å². The smallest absolute Gasteiger partial charge is 0.399 e. The number of aryl methyl sites for hydroxylation is 1. The number of pyridine rings is 2. The second-order valence-corrected chi connectivity index (χ2v) is 17.7. The number of hydrogen-bond acceptors (Lipinski definition) is 4. The van der Waals surface area contributed by atoms with Crippen LogP contribution in [0.2, 0.25) is 0 Å². The largest absolute Gasteiger partial charge is 0.494 e. The van der Waals surface area contributed by atoms with Gasteiger partial charge in [0.2, 0.25) is 0 Å². The van der Waals surface area contributed by atoms with E-state index in [1.54, 1.807) is 0 Å². The summed E-state index contributed by atoms with van der Waals surface area (Å²) in [6.07, 6.45) is 4.03. The molecule has 4 nitrogen and oxygen atoms in total. The lowest BCUT2D eigenvalue weighted by Crippen LogP contribution is -2.41. The van der Waals surface area contributed by atoms with Gasteiger partial charge < -0.3 is 9.31 Å². The monoisotopic (exact) mass is 828 g/mol. The molecule has 9 aromatic rings. The first-order valence-electron chi connectivity index (χ1n) is 22.1. The van der Waals surface area contributed by atoms with Crippen molar-refractivity contribution in [3.63, 3.8) is 0 Å². The van der Waals surface area contributed by atoms with E-state index in [1.165, 1.54) is 11.1 Å². The van der Waals surface area contributed by atoms with Crippen LogP contribution in [0.15, 0.2) is 207 Å². The van der Waals surface area contributed by atoms with Crippen LogP contribution in [0.5, 0.6) is 0 Å². The molecule has 1 fully saturated rings. The second-order valence-electron chi connectivity index (χ2n) is 17.7. The zero-order valence-corrected chi connectivity index (χ0v) is 36.9. The zero-order valence-electron chi connectivity index (χ0n) is 36.9. The molecule has 0 spiro atoms. The normalized spacial score (nSPS) is 14.1. The Bertz CT molecular complexity index is 3090. The van der Waals surface area contributed by atoms with Crippen molar-refractivity contribution >= 4 is 12.6 Å². The average molecular weight is 829 g/mol. The van der Waals surface area contributed by atoms with Gasteiger partial charge in [-0.25, -0.2) is 0 Å². The van der Waals surface area contributed by atoms with Gasteiger partial charge in [-0.15, -0.1) is 0 Å². The molecule has 0 amide bonds. The molecule has 0 radical (unpaired) electrons. The molecule has 1 aliphatic rings. The molecule has 0 bridgehead atoms. The SMILES string of the molecule is Cc1cc(-c2ccc(-c3ccccc3-c3cc(B4OC(C)(C)C(C)(C)O4)cc(-c4ccccc4-c4cnc(-c5ccccc5)cc4-c4ccccc4)c3)cc2)ncc1-c1ccccc1. The van der Waals surface area contributed by atoms with E-state index in [2.05, 4.69) is 217 Å². The zero-order chi connectivity index (χ0) is 43.8. The van der Waals surface area contributed by atoms with Gasteiger partial charge >= 0.3 is 7.12 Å². The minimum Gasteiger partial charge on any atom is -0.399 e. The van der Waals surface area contributed by atoms with Crippen LogP contribution in [0, 0.1) is 6.92 Å². The number of benzene rings is 7. The maximum absolute atomic E-state index is 6.75. The molecule has 0 N–H and O–H groups in total. The van der Waals surface area contributed by atoms with Crippen LogP contribution in [-0.4, -0.2) is 28.3 Å². The molecule has 7 aromatic carbocycles. The van der Waals surface area contributed by atoms with E-state index in [-0.39, 0.29) is 0 Å². The molecule has 64 heavy (non-hydrogen) atoms. The summed E-state index contributed by atoms with van der Waals surface area (Å²) in [5, 5.41) is 0. The van der Waals surface area contributed by atoms with Crippen molar-refractivity contribution in [3.8, 4) is 89.3 Å². The Hall–Kier alpha value is -7.18. The fourth-order valence-electron chi connectivity index (χ4n) is 8.78. The summed E-state index contributed by atoms with van der Waals surface area (Å²) in [7, 11) is -0.557.